The molecule has 5 heterocycles. The maximum Gasteiger partial charge on any atom is 0.419 e. The Hall–Kier alpha value is -3.80. The number of urea groups is 1. The second-order valence-electron chi connectivity index (χ2n) is 9.16. The number of anilines is 1. The van der Waals surface area contributed by atoms with Crippen molar-refractivity contribution in [1.29, 1.82) is 0 Å². The number of benzene rings is 1. The molecule has 1 aromatic carbocycles. The van der Waals surface area contributed by atoms with Gasteiger partial charge in [0.25, 0.3) is 0 Å². The summed E-state index contributed by atoms with van der Waals surface area (Å²) in [5, 5.41) is 7.56. The van der Waals surface area contributed by atoms with Crippen LogP contribution >= 0.6 is 0 Å². The van der Waals surface area contributed by atoms with Gasteiger partial charge in [-0.2, -0.15) is 18.3 Å². The van der Waals surface area contributed by atoms with E-state index in [2.05, 4.69) is 15.4 Å². The Kier molecular flexibility index (Phi) is 5.11. The highest BCUT2D eigenvalue weighted by molar-refractivity contribution is 5.76. The third-order valence-corrected chi connectivity index (χ3v) is 6.96. The minimum atomic E-state index is -4.62. The fourth-order valence-corrected chi connectivity index (χ4v) is 5.14. The molecule has 1 fully saturated rings. The summed E-state index contributed by atoms with van der Waals surface area (Å²) >= 11 is 0. The predicted octanol–water partition coefficient (Wildman–Crippen LogP) is 3.32. The number of hydrogen-bond donors (Lipinski definition) is 2. The summed E-state index contributed by atoms with van der Waals surface area (Å²) in [5.74, 6) is 0.182. The van der Waals surface area contributed by atoms with E-state index in [4.69, 9.17) is 15.2 Å². The standard InChI is InChI=1S/C24H23F3N6O3/c25-24(26,27)16-9-14(11-29-21(16)28)17-10-20-23(36-8-7-33(20)31-17)5-6-32(13-23)22(34)30-18-12-35-19-4-2-1-3-15(18)19/h1-4,9-11,18H,5-8,12-13H2,(H2,28,29)(H,30,34)/t18-,23-/m1/s1. The van der Waals surface area contributed by atoms with Crippen molar-refractivity contribution < 1.29 is 27.4 Å². The van der Waals surface area contributed by atoms with Gasteiger partial charge in [0.2, 0.25) is 0 Å². The number of likely N-dealkylation sites (tertiary alicyclic amines) is 1. The maximum atomic E-state index is 13.3. The van der Waals surface area contributed by atoms with Crippen molar-refractivity contribution in [2.45, 2.75) is 30.8 Å². The van der Waals surface area contributed by atoms with E-state index in [1.165, 1.54) is 6.20 Å². The molecule has 188 valence electrons. The molecule has 0 saturated carbocycles. The minimum absolute atomic E-state index is 0.209. The second-order valence-corrected chi connectivity index (χ2v) is 9.16. The molecule has 3 N–H and O–H groups in total. The molecular formula is C24H23F3N6O3. The van der Waals surface area contributed by atoms with Crippen LogP contribution in [0.5, 0.6) is 5.75 Å². The van der Waals surface area contributed by atoms with Gasteiger partial charge in [0.15, 0.2) is 0 Å². The Bertz CT molecular complexity index is 1340. The van der Waals surface area contributed by atoms with Gasteiger partial charge in [0.1, 0.15) is 23.8 Å². The first-order chi connectivity index (χ1) is 17.2. The number of halogens is 3. The lowest BCUT2D eigenvalue weighted by Gasteiger charge is -2.34. The summed E-state index contributed by atoms with van der Waals surface area (Å²) in [4.78, 5) is 18.5. The van der Waals surface area contributed by atoms with E-state index in [1.54, 1.807) is 15.6 Å². The number of nitrogens with two attached hydrogens (primary N) is 1. The van der Waals surface area contributed by atoms with E-state index >= 15 is 0 Å². The molecule has 3 aromatic rings. The van der Waals surface area contributed by atoms with Crippen LogP contribution in [0, 0.1) is 0 Å². The average molecular weight is 500 g/mol. The Morgan fingerprint density at radius 1 is 1.22 bits per heavy atom. The zero-order valence-electron chi connectivity index (χ0n) is 19.1. The van der Waals surface area contributed by atoms with Gasteiger partial charge < -0.3 is 25.4 Å². The molecule has 0 radical (unpaired) electrons. The molecule has 3 aliphatic rings. The van der Waals surface area contributed by atoms with Crippen LogP contribution in [0.25, 0.3) is 11.3 Å². The molecule has 12 heteroatoms. The molecule has 2 aromatic heterocycles. The number of nitrogens with zero attached hydrogens (tertiary/aromatic N) is 4. The number of pyridine rings is 1. The minimum Gasteiger partial charge on any atom is -0.491 e. The normalized spacial score (nSPS) is 22.9. The van der Waals surface area contributed by atoms with Crippen LogP contribution in [-0.4, -0.2) is 52.0 Å². The highest BCUT2D eigenvalue weighted by Gasteiger charge is 2.47. The highest BCUT2D eigenvalue weighted by Crippen LogP contribution is 2.41. The van der Waals surface area contributed by atoms with Crippen LogP contribution in [0.15, 0.2) is 42.6 Å². The third kappa shape index (κ3) is 3.72. The summed E-state index contributed by atoms with van der Waals surface area (Å²) in [6, 6.07) is 9.80. The lowest BCUT2D eigenvalue weighted by molar-refractivity contribution is -0.137. The molecule has 0 aliphatic carbocycles. The number of para-hydroxylation sites is 1. The molecule has 9 nitrogen and oxygen atoms in total. The molecule has 1 spiro atoms. The number of fused-ring (bicyclic) bond motifs is 3. The van der Waals surface area contributed by atoms with Crippen LogP contribution in [0.3, 0.4) is 0 Å². The molecule has 2 amide bonds. The number of nitrogen functional groups attached to an aromatic ring is 1. The number of ether oxygens (including phenoxy) is 2. The monoisotopic (exact) mass is 500 g/mol. The SMILES string of the molecule is Nc1ncc(-c2cc3n(n2)CCO[C@@]32CCN(C(=O)N[C@@H]3COc4ccccc43)C2)cc1C(F)(F)F. The van der Waals surface area contributed by atoms with E-state index in [9.17, 15) is 18.0 Å². The van der Waals surface area contributed by atoms with E-state index in [-0.39, 0.29) is 17.6 Å². The van der Waals surface area contributed by atoms with E-state index < -0.39 is 23.2 Å². The van der Waals surface area contributed by atoms with Gasteiger partial charge in [-0.25, -0.2) is 9.78 Å². The fourth-order valence-electron chi connectivity index (χ4n) is 5.14. The molecule has 6 rings (SSSR count). The van der Waals surface area contributed by atoms with Crippen LogP contribution in [0.2, 0.25) is 0 Å². The lowest BCUT2D eigenvalue weighted by Crippen LogP contribution is -2.45. The van der Waals surface area contributed by atoms with Gasteiger partial charge >= 0.3 is 12.2 Å². The molecule has 1 saturated heterocycles. The molecule has 2 atom stereocenters. The van der Waals surface area contributed by atoms with Crippen molar-refractivity contribution in [2.24, 2.45) is 0 Å². The van der Waals surface area contributed by atoms with Crippen molar-refractivity contribution in [3.63, 3.8) is 0 Å². The van der Waals surface area contributed by atoms with Crippen LogP contribution in [0.4, 0.5) is 23.8 Å². The third-order valence-electron chi connectivity index (χ3n) is 6.96. The van der Waals surface area contributed by atoms with Crippen molar-refractivity contribution in [3.8, 4) is 17.0 Å². The molecule has 0 bridgehead atoms. The van der Waals surface area contributed by atoms with Crippen molar-refractivity contribution in [1.82, 2.24) is 25.0 Å². The zero-order valence-corrected chi connectivity index (χ0v) is 19.1. The topological polar surface area (TPSA) is 108 Å². The molecule has 3 aliphatic heterocycles. The van der Waals surface area contributed by atoms with Gasteiger partial charge in [-0.15, -0.1) is 0 Å². The van der Waals surface area contributed by atoms with Gasteiger partial charge in [-0.05, 0) is 18.2 Å². The first-order valence-corrected chi connectivity index (χ1v) is 11.6. The van der Waals surface area contributed by atoms with Crippen LogP contribution < -0.4 is 15.8 Å². The van der Waals surface area contributed by atoms with Gasteiger partial charge in [-0.1, -0.05) is 18.2 Å². The molecular weight excluding hydrogens is 477 g/mol. The van der Waals surface area contributed by atoms with Gasteiger partial charge in [-0.3, -0.25) is 4.68 Å². The predicted molar refractivity (Wildman–Crippen MR) is 122 cm³/mol. The number of alkyl halides is 3. The Morgan fingerprint density at radius 2 is 2.06 bits per heavy atom. The molecule has 36 heavy (non-hydrogen) atoms. The number of aromatic nitrogens is 3. The van der Waals surface area contributed by atoms with Crippen LogP contribution in [0.1, 0.15) is 29.3 Å². The quantitative estimate of drug-likeness (QED) is 0.559. The number of carbonyl (C=O) groups is 1. The summed E-state index contributed by atoms with van der Waals surface area (Å²) in [7, 11) is 0. The van der Waals surface area contributed by atoms with Crippen molar-refractivity contribution >= 4 is 11.8 Å². The second kappa shape index (κ2) is 8.12. The molecule has 0 unspecified atom stereocenters. The summed E-state index contributed by atoms with van der Waals surface area (Å²) in [6.07, 6.45) is -2.81. The lowest BCUT2D eigenvalue weighted by atomic mass is 9.96. The average Bonchev–Trinajstić information content (AvgIpc) is 3.57. The van der Waals surface area contributed by atoms with Crippen molar-refractivity contribution in [3.05, 3.63) is 59.4 Å². The number of amides is 2. The van der Waals surface area contributed by atoms with E-state index in [0.29, 0.717) is 45.0 Å². The number of hydrogen-bond acceptors (Lipinski definition) is 6. The highest BCUT2D eigenvalue weighted by atomic mass is 19.4. The Labute approximate surface area is 204 Å². The zero-order chi connectivity index (χ0) is 25.1. The number of carbonyl (C=O) groups excluding carboxylic acids is 1. The van der Waals surface area contributed by atoms with Crippen molar-refractivity contribution in [2.75, 3.05) is 32.0 Å². The Balaban J connectivity index is 1.23. The largest absolute Gasteiger partial charge is 0.491 e. The van der Waals surface area contributed by atoms with Crippen LogP contribution in [-0.2, 0) is 23.1 Å². The fraction of sp³-hybridized carbons (Fsp3) is 0.375. The number of rotatable bonds is 2. The summed E-state index contributed by atoms with van der Waals surface area (Å²) < 4.78 is 53.6. The van der Waals surface area contributed by atoms with E-state index in [0.717, 1.165) is 23.1 Å². The first kappa shape index (κ1) is 22.7. The summed E-state index contributed by atoms with van der Waals surface area (Å²) in [5.41, 5.74) is 5.86. The maximum absolute atomic E-state index is 13.3. The van der Waals surface area contributed by atoms with Gasteiger partial charge in [0.05, 0.1) is 42.7 Å². The first-order valence-electron chi connectivity index (χ1n) is 11.6. The van der Waals surface area contributed by atoms with E-state index in [1.807, 2.05) is 24.3 Å². The summed E-state index contributed by atoms with van der Waals surface area (Å²) in [6.45, 7) is 1.96. The number of nitrogens with one attached hydrogen (secondary N) is 1. The van der Waals surface area contributed by atoms with Gasteiger partial charge in [0, 0.05) is 30.3 Å². The Morgan fingerprint density at radius 3 is 2.89 bits per heavy atom. The smallest absolute Gasteiger partial charge is 0.419 e.